The molecule has 0 saturated heterocycles. The fraction of sp³-hybridized carbons (Fsp3) is 0.0800. The molecule has 7 heteroatoms. The fourth-order valence-corrected chi connectivity index (χ4v) is 3.92. The van der Waals surface area contributed by atoms with Crippen LogP contribution in [0.25, 0.3) is 38.8 Å². The maximum atomic E-state index is 13.3. The van der Waals surface area contributed by atoms with Crippen molar-refractivity contribution in [3.05, 3.63) is 101 Å². The number of halogens is 3. The zero-order valence-electron chi connectivity index (χ0n) is 16.9. The van der Waals surface area contributed by atoms with Gasteiger partial charge in [0.25, 0.3) is 5.56 Å². The van der Waals surface area contributed by atoms with Crippen molar-refractivity contribution < 1.29 is 13.2 Å². The average molecular weight is 431 g/mol. The summed E-state index contributed by atoms with van der Waals surface area (Å²) in [5.41, 5.74) is 2.62. The standard InChI is InChI=1S/C25H16F3N3O/c1-15-4-3-11-29-23(15)16-7-9-21-20(12-16)24-17(14-30-21)8-10-22(32)31(24)19-6-2-5-18(13-19)25(26,27)28/h2-14H,1H3. The van der Waals surface area contributed by atoms with Crippen LogP contribution in [0, 0.1) is 6.92 Å². The molecular weight excluding hydrogens is 415 g/mol. The van der Waals surface area contributed by atoms with Crippen molar-refractivity contribution in [3.8, 4) is 16.9 Å². The van der Waals surface area contributed by atoms with E-state index in [1.165, 1.54) is 22.8 Å². The number of aromatic nitrogens is 3. The largest absolute Gasteiger partial charge is 0.416 e. The quantitative estimate of drug-likeness (QED) is 0.326. The molecule has 5 aromatic rings. The van der Waals surface area contributed by atoms with Crippen molar-refractivity contribution in [2.24, 2.45) is 0 Å². The Balaban J connectivity index is 1.86. The summed E-state index contributed by atoms with van der Waals surface area (Å²) in [5, 5.41) is 1.30. The van der Waals surface area contributed by atoms with Gasteiger partial charge in [0.05, 0.1) is 22.3 Å². The van der Waals surface area contributed by atoms with Crippen molar-refractivity contribution in [1.29, 1.82) is 0 Å². The predicted octanol–water partition coefficient (Wildman–Crippen LogP) is 5.93. The molecule has 32 heavy (non-hydrogen) atoms. The third-order valence-electron chi connectivity index (χ3n) is 5.43. The SMILES string of the molecule is Cc1cccnc1-c1ccc2ncc3ccc(=O)n(-c4cccc(C(F)(F)F)c4)c3c2c1. The molecule has 0 fully saturated rings. The molecule has 0 aliphatic carbocycles. The van der Waals surface area contributed by atoms with E-state index in [1.54, 1.807) is 18.5 Å². The lowest BCUT2D eigenvalue weighted by Crippen LogP contribution is -2.18. The van der Waals surface area contributed by atoms with Crippen LogP contribution in [0.15, 0.2) is 83.9 Å². The highest BCUT2D eigenvalue weighted by Gasteiger charge is 2.30. The lowest BCUT2D eigenvalue weighted by atomic mass is 10.0. The predicted molar refractivity (Wildman–Crippen MR) is 118 cm³/mol. The van der Waals surface area contributed by atoms with Crippen molar-refractivity contribution in [2.45, 2.75) is 13.1 Å². The maximum absolute atomic E-state index is 13.3. The summed E-state index contributed by atoms with van der Waals surface area (Å²) in [6.45, 7) is 1.95. The summed E-state index contributed by atoms with van der Waals surface area (Å²) in [4.78, 5) is 21.8. The van der Waals surface area contributed by atoms with Crippen LogP contribution in [0.1, 0.15) is 11.1 Å². The number of alkyl halides is 3. The second-order valence-electron chi connectivity index (χ2n) is 7.52. The monoisotopic (exact) mass is 431 g/mol. The highest BCUT2D eigenvalue weighted by Crippen LogP contribution is 2.32. The third kappa shape index (κ3) is 3.32. The van der Waals surface area contributed by atoms with Gasteiger partial charge in [-0.05, 0) is 55.0 Å². The number of nitrogens with zero attached hydrogens (tertiary/aromatic N) is 3. The van der Waals surface area contributed by atoms with Crippen LogP contribution in [0.4, 0.5) is 13.2 Å². The van der Waals surface area contributed by atoms with E-state index in [0.29, 0.717) is 21.8 Å². The van der Waals surface area contributed by atoms with Crippen LogP contribution < -0.4 is 5.56 Å². The van der Waals surface area contributed by atoms with Crippen LogP contribution in [0.5, 0.6) is 0 Å². The minimum Gasteiger partial charge on any atom is -0.276 e. The van der Waals surface area contributed by atoms with Crippen LogP contribution in [0.2, 0.25) is 0 Å². The van der Waals surface area contributed by atoms with Gasteiger partial charge in [-0.25, -0.2) is 0 Å². The number of rotatable bonds is 2. The summed E-state index contributed by atoms with van der Waals surface area (Å²) in [5.74, 6) is 0. The molecule has 3 aromatic heterocycles. The van der Waals surface area contributed by atoms with E-state index < -0.39 is 17.3 Å². The molecule has 0 spiro atoms. The van der Waals surface area contributed by atoms with Gasteiger partial charge in [0, 0.05) is 40.5 Å². The molecule has 5 rings (SSSR count). The highest BCUT2D eigenvalue weighted by molar-refractivity contribution is 6.05. The molecule has 0 bridgehead atoms. The Hall–Kier alpha value is -4.00. The Bertz CT molecular complexity index is 1550. The molecular formula is C25H16F3N3O. The second kappa shape index (κ2) is 7.30. The number of benzene rings is 2. The van der Waals surface area contributed by atoms with E-state index in [1.807, 2.05) is 37.3 Å². The third-order valence-corrected chi connectivity index (χ3v) is 5.43. The van der Waals surface area contributed by atoms with E-state index in [0.717, 1.165) is 29.0 Å². The Morgan fingerprint density at radius 1 is 0.906 bits per heavy atom. The average Bonchev–Trinajstić information content (AvgIpc) is 2.78. The number of fused-ring (bicyclic) bond motifs is 3. The van der Waals surface area contributed by atoms with E-state index in [9.17, 15) is 18.0 Å². The molecule has 0 saturated carbocycles. The zero-order chi connectivity index (χ0) is 22.5. The molecule has 0 aliphatic rings. The first kappa shape index (κ1) is 19.9. The summed E-state index contributed by atoms with van der Waals surface area (Å²) < 4.78 is 41.3. The van der Waals surface area contributed by atoms with Gasteiger partial charge >= 0.3 is 6.18 Å². The number of hydrogen-bond donors (Lipinski definition) is 0. The summed E-state index contributed by atoms with van der Waals surface area (Å²) in [6, 6.07) is 17.1. The lowest BCUT2D eigenvalue weighted by Gasteiger charge is -2.15. The van der Waals surface area contributed by atoms with Gasteiger partial charge in [-0.1, -0.05) is 18.2 Å². The second-order valence-corrected chi connectivity index (χ2v) is 7.52. The summed E-state index contributed by atoms with van der Waals surface area (Å²) in [7, 11) is 0. The minimum atomic E-state index is -4.52. The van der Waals surface area contributed by atoms with Gasteiger partial charge in [0.15, 0.2) is 0 Å². The van der Waals surface area contributed by atoms with E-state index in [-0.39, 0.29) is 5.69 Å². The number of aryl methyl sites for hydroxylation is 1. The summed E-state index contributed by atoms with van der Waals surface area (Å²) >= 11 is 0. The zero-order valence-corrected chi connectivity index (χ0v) is 16.9. The first-order valence-corrected chi connectivity index (χ1v) is 9.87. The van der Waals surface area contributed by atoms with E-state index in [4.69, 9.17) is 0 Å². The van der Waals surface area contributed by atoms with E-state index in [2.05, 4.69) is 9.97 Å². The molecule has 0 unspecified atom stereocenters. The number of pyridine rings is 3. The van der Waals surface area contributed by atoms with Crippen molar-refractivity contribution in [3.63, 3.8) is 0 Å². The first-order valence-electron chi connectivity index (χ1n) is 9.87. The Morgan fingerprint density at radius 3 is 2.53 bits per heavy atom. The topological polar surface area (TPSA) is 47.8 Å². The lowest BCUT2D eigenvalue weighted by molar-refractivity contribution is -0.137. The molecule has 158 valence electrons. The molecule has 3 heterocycles. The maximum Gasteiger partial charge on any atom is 0.416 e. The van der Waals surface area contributed by atoms with Gasteiger partial charge < -0.3 is 0 Å². The minimum absolute atomic E-state index is 0.141. The molecule has 2 aromatic carbocycles. The molecule has 4 nitrogen and oxygen atoms in total. The van der Waals surface area contributed by atoms with Crippen LogP contribution >= 0.6 is 0 Å². The normalized spacial score (nSPS) is 11.9. The van der Waals surface area contributed by atoms with Crippen molar-refractivity contribution in [2.75, 3.05) is 0 Å². The Kier molecular flexibility index (Phi) is 4.55. The number of hydrogen-bond acceptors (Lipinski definition) is 3. The Labute approximate surface area is 180 Å². The van der Waals surface area contributed by atoms with Crippen molar-refractivity contribution >= 4 is 21.8 Å². The molecule has 0 atom stereocenters. The molecule has 0 radical (unpaired) electrons. The smallest absolute Gasteiger partial charge is 0.276 e. The van der Waals surface area contributed by atoms with Gasteiger partial charge in [-0.2, -0.15) is 13.2 Å². The van der Waals surface area contributed by atoms with Gasteiger partial charge in [-0.15, -0.1) is 0 Å². The first-order chi connectivity index (χ1) is 15.3. The van der Waals surface area contributed by atoms with Crippen LogP contribution in [0.3, 0.4) is 0 Å². The van der Waals surface area contributed by atoms with Crippen molar-refractivity contribution in [1.82, 2.24) is 14.5 Å². The summed E-state index contributed by atoms with van der Waals surface area (Å²) in [6.07, 6.45) is -1.20. The molecule has 0 amide bonds. The van der Waals surface area contributed by atoms with Crippen LogP contribution in [-0.2, 0) is 6.18 Å². The van der Waals surface area contributed by atoms with Crippen LogP contribution in [-0.4, -0.2) is 14.5 Å². The van der Waals surface area contributed by atoms with Gasteiger partial charge in [0.1, 0.15) is 0 Å². The Morgan fingerprint density at radius 2 is 1.75 bits per heavy atom. The van der Waals surface area contributed by atoms with E-state index >= 15 is 0 Å². The van der Waals surface area contributed by atoms with Gasteiger partial charge in [-0.3, -0.25) is 19.3 Å². The molecule has 0 aliphatic heterocycles. The molecule has 0 N–H and O–H groups in total. The fourth-order valence-electron chi connectivity index (χ4n) is 3.92. The van der Waals surface area contributed by atoms with Gasteiger partial charge in [0.2, 0.25) is 0 Å². The highest BCUT2D eigenvalue weighted by atomic mass is 19.4.